The van der Waals surface area contributed by atoms with Gasteiger partial charge in [0.25, 0.3) is 0 Å². The van der Waals surface area contributed by atoms with Crippen LogP contribution in [0.25, 0.3) is 0 Å². The molecule has 0 heterocycles. The number of sulfone groups is 1. The summed E-state index contributed by atoms with van der Waals surface area (Å²) in [6.45, 7) is 5.33. The van der Waals surface area contributed by atoms with E-state index in [-0.39, 0.29) is 36.3 Å². The van der Waals surface area contributed by atoms with E-state index in [4.69, 9.17) is 0 Å². The highest BCUT2D eigenvalue weighted by Crippen LogP contribution is 2.23. The number of hydrogen-bond donors (Lipinski definition) is 2. The summed E-state index contributed by atoms with van der Waals surface area (Å²) < 4.78 is 24.6. The SMILES string of the molecule is CCNC(=NCCS(=O)(=O)c1ccccc1)NC1CCC(C)CC1.I. The molecule has 0 atom stereocenters. The Kier molecular flexibility index (Phi) is 9.78. The standard InChI is InChI=1S/C18H29N3O2S.HI/c1-3-19-18(21-16-11-9-15(2)10-12-16)20-13-14-24(22,23)17-7-5-4-6-8-17;/h4-8,15-16H,3,9-14H2,1-2H3,(H2,19,20,21);1H. The fourth-order valence-corrected chi connectivity index (χ4v) is 4.08. The maximum Gasteiger partial charge on any atom is 0.191 e. The third-order valence-electron chi connectivity index (χ3n) is 4.43. The summed E-state index contributed by atoms with van der Waals surface area (Å²) in [7, 11) is -3.27. The second-order valence-electron chi connectivity index (χ2n) is 6.49. The Morgan fingerprint density at radius 2 is 1.80 bits per heavy atom. The Bertz CT molecular complexity index is 627. The average molecular weight is 479 g/mol. The van der Waals surface area contributed by atoms with E-state index in [0.717, 1.165) is 31.3 Å². The molecule has 1 aliphatic rings. The van der Waals surface area contributed by atoms with Crippen LogP contribution in [-0.4, -0.2) is 39.3 Å². The number of nitrogens with one attached hydrogen (secondary N) is 2. The van der Waals surface area contributed by atoms with Gasteiger partial charge in [-0.1, -0.05) is 25.1 Å². The van der Waals surface area contributed by atoms with Crippen molar-refractivity contribution in [1.29, 1.82) is 0 Å². The Labute approximate surface area is 169 Å². The molecule has 1 aromatic carbocycles. The van der Waals surface area contributed by atoms with Crippen LogP contribution in [0.4, 0.5) is 0 Å². The molecule has 1 fully saturated rings. The van der Waals surface area contributed by atoms with E-state index in [1.165, 1.54) is 12.8 Å². The summed E-state index contributed by atoms with van der Waals surface area (Å²) in [5.41, 5.74) is 0. The molecule has 0 spiro atoms. The van der Waals surface area contributed by atoms with E-state index >= 15 is 0 Å². The summed E-state index contributed by atoms with van der Waals surface area (Å²) in [5.74, 6) is 1.55. The van der Waals surface area contributed by atoms with Crippen LogP contribution < -0.4 is 10.6 Å². The maximum absolute atomic E-state index is 12.3. The van der Waals surface area contributed by atoms with Gasteiger partial charge in [-0.05, 0) is 50.7 Å². The third-order valence-corrected chi connectivity index (χ3v) is 6.14. The molecule has 0 aliphatic heterocycles. The van der Waals surface area contributed by atoms with E-state index in [9.17, 15) is 8.42 Å². The van der Waals surface area contributed by atoms with Crippen molar-refractivity contribution in [2.24, 2.45) is 10.9 Å². The molecule has 0 bridgehead atoms. The normalized spacial score (nSPS) is 21.3. The van der Waals surface area contributed by atoms with E-state index in [1.54, 1.807) is 24.3 Å². The van der Waals surface area contributed by atoms with E-state index in [1.807, 2.05) is 13.0 Å². The van der Waals surface area contributed by atoms with Gasteiger partial charge in [0, 0.05) is 12.6 Å². The van der Waals surface area contributed by atoms with Gasteiger partial charge in [0.1, 0.15) is 0 Å². The molecule has 1 saturated carbocycles. The minimum Gasteiger partial charge on any atom is -0.357 e. The zero-order chi connectivity index (χ0) is 17.4. The van der Waals surface area contributed by atoms with E-state index in [0.29, 0.717) is 10.9 Å². The van der Waals surface area contributed by atoms with Gasteiger partial charge >= 0.3 is 0 Å². The summed E-state index contributed by atoms with van der Waals surface area (Å²) >= 11 is 0. The predicted octanol–water partition coefficient (Wildman–Crippen LogP) is 3.21. The maximum atomic E-state index is 12.3. The molecular formula is C18H30IN3O2S. The van der Waals surface area contributed by atoms with Crippen LogP contribution >= 0.6 is 24.0 Å². The first kappa shape index (κ1) is 22.2. The van der Waals surface area contributed by atoms with Gasteiger partial charge in [-0.2, -0.15) is 0 Å². The fourth-order valence-electron chi connectivity index (χ4n) is 2.94. The van der Waals surface area contributed by atoms with Crippen molar-refractivity contribution in [2.45, 2.75) is 50.5 Å². The minimum atomic E-state index is -3.27. The topological polar surface area (TPSA) is 70.6 Å². The van der Waals surface area contributed by atoms with Crippen LogP contribution in [-0.2, 0) is 9.84 Å². The molecule has 0 saturated heterocycles. The van der Waals surface area contributed by atoms with Gasteiger partial charge in [-0.15, -0.1) is 24.0 Å². The van der Waals surface area contributed by atoms with Gasteiger partial charge < -0.3 is 10.6 Å². The molecule has 142 valence electrons. The number of halogens is 1. The van der Waals surface area contributed by atoms with E-state index in [2.05, 4.69) is 22.5 Å². The molecule has 0 radical (unpaired) electrons. The number of guanidine groups is 1. The molecule has 1 aromatic rings. The minimum absolute atomic E-state index is 0. The number of aliphatic imine (C=N–C) groups is 1. The smallest absolute Gasteiger partial charge is 0.191 e. The molecular weight excluding hydrogens is 449 g/mol. The average Bonchev–Trinajstić information content (AvgIpc) is 2.58. The molecule has 0 amide bonds. The van der Waals surface area contributed by atoms with Crippen molar-refractivity contribution < 1.29 is 8.42 Å². The van der Waals surface area contributed by atoms with Gasteiger partial charge in [0.05, 0.1) is 17.2 Å². The van der Waals surface area contributed by atoms with Crippen LogP contribution in [0.3, 0.4) is 0 Å². The molecule has 0 unspecified atom stereocenters. The third kappa shape index (κ3) is 7.52. The van der Waals surface area contributed by atoms with Crippen LogP contribution in [0.1, 0.15) is 39.5 Å². The molecule has 0 aromatic heterocycles. The van der Waals surface area contributed by atoms with Crippen molar-refractivity contribution in [2.75, 3.05) is 18.8 Å². The second-order valence-corrected chi connectivity index (χ2v) is 8.60. The van der Waals surface area contributed by atoms with Gasteiger partial charge in [-0.25, -0.2) is 8.42 Å². The molecule has 1 aliphatic carbocycles. The molecule has 2 rings (SSSR count). The number of benzene rings is 1. The van der Waals surface area contributed by atoms with Crippen molar-refractivity contribution in [3.8, 4) is 0 Å². The summed E-state index contributed by atoms with van der Waals surface area (Å²) in [5, 5.41) is 6.66. The molecule has 2 N–H and O–H groups in total. The Morgan fingerprint density at radius 3 is 2.40 bits per heavy atom. The van der Waals surface area contributed by atoms with Crippen LogP contribution in [0.2, 0.25) is 0 Å². The highest BCUT2D eigenvalue weighted by Gasteiger charge is 2.19. The van der Waals surface area contributed by atoms with Crippen molar-refractivity contribution in [1.82, 2.24) is 10.6 Å². The lowest BCUT2D eigenvalue weighted by atomic mass is 9.87. The highest BCUT2D eigenvalue weighted by atomic mass is 127. The van der Waals surface area contributed by atoms with Crippen molar-refractivity contribution >= 4 is 39.8 Å². The summed E-state index contributed by atoms with van der Waals surface area (Å²) in [6.07, 6.45) is 4.76. The van der Waals surface area contributed by atoms with Crippen LogP contribution in [0.5, 0.6) is 0 Å². The monoisotopic (exact) mass is 479 g/mol. The first-order valence-corrected chi connectivity index (χ1v) is 10.5. The lowest BCUT2D eigenvalue weighted by Gasteiger charge is -2.28. The van der Waals surface area contributed by atoms with Gasteiger partial charge in [0.2, 0.25) is 0 Å². The first-order valence-electron chi connectivity index (χ1n) is 8.84. The van der Waals surface area contributed by atoms with Crippen LogP contribution in [0.15, 0.2) is 40.2 Å². The molecule has 25 heavy (non-hydrogen) atoms. The predicted molar refractivity (Wildman–Crippen MR) is 114 cm³/mol. The highest BCUT2D eigenvalue weighted by molar-refractivity contribution is 14.0. The lowest BCUT2D eigenvalue weighted by Crippen LogP contribution is -2.45. The van der Waals surface area contributed by atoms with E-state index < -0.39 is 9.84 Å². The lowest BCUT2D eigenvalue weighted by molar-refractivity contribution is 0.329. The van der Waals surface area contributed by atoms with Crippen molar-refractivity contribution in [3.63, 3.8) is 0 Å². The summed E-state index contributed by atoms with van der Waals surface area (Å²) in [4.78, 5) is 4.81. The quantitative estimate of drug-likeness (QED) is 0.374. The number of hydrogen-bond acceptors (Lipinski definition) is 3. The molecule has 5 nitrogen and oxygen atoms in total. The van der Waals surface area contributed by atoms with Gasteiger partial charge in [0.15, 0.2) is 15.8 Å². The largest absolute Gasteiger partial charge is 0.357 e. The Hall–Kier alpha value is -0.830. The molecule has 7 heteroatoms. The fraction of sp³-hybridized carbons (Fsp3) is 0.611. The number of rotatable bonds is 6. The zero-order valence-corrected chi connectivity index (χ0v) is 18.2. The van der Waals surface area contributed by atoms with Crippen molar-refractivity contribution in [3.05, 3.63) is 30.3 Å². The Balaban J connectivity index is 0.00000312. The van der Waals surface area contributed by atoms with Crippen LogP contribution in [0, 0.1) is 5.92 Å². The van der Waals surface area contributed by atoms with Gasteiger partial charge in [-0.3, -0.25) is 4.99 Å². The second kappa shape index (κ2) is 11.0. The zero-order valence-electron chi connectivity index (χ0n) is 15.1. The Morgan fingerprint density at radius 1 is 1.16 bits per heavy atom. The number of nitrogens with zero attached hydrogens (tertiary/aromatic N) is 1. The first-order chi connectivity index (χ1) is 11.5. The summed E-state index contributed by atoms with van der Waals surface area (Å²) in [6, 6.07) is 8.99.